The van der Waals surface area contributed by atoms with Gasteiger partial charge in [-0.25, -0.2) is 4.79 Å². The number of amides is 2. The van der Waals surface area contributed by atoms with Crippen molar-refractivity contribution in [1.82, 2.24) is 20.8 Å². The number of benzene rings is 2. The molecule has 1 aromatic heterocycles. The third-order valence-electron chi connectivity index (χ3n) is 4.53. The number of nitrogens with zero attached hydrogens (tertiary/aromatic N) is 2. The fraction of sp³-hybridized carbons (Fsp3) is 0.318. The molecule has 9 heteroatoms. The lowest BCUT2D eigenvalue weighted by Gasteiger charge is -2.17. The summed E-state index contributed by atoms with van der Waals surface area (Å²) in [4.78, 5) is 16.6. The minimum atomic E-state index is -0.294. The number of halogens is 1. The predicted octanol–water partition coefficient (Wildman–Crippen LogP) is 4.40. The van der Waals surface area contributed by atoms with Gasteiger partial charge in [0.15, 0.2) is 11.5 Å². The topological polar surface area (TPSA) is 98.5 Å². The lowest BCUT2D eigenvalue weighted by atomic mass is 10.1. The van der Waals surface area contributed by atoms with Crippen molar-refractivity contribution in [2.24, 2.45) is 0 Å². The number of carbonyl (C=O) groups is 1. The molecule has 2 N–H and O–H groups in total. The maximum atomic E-state index is 12.2. The Morgan fingerprint density at radius 3 is 2.68 bits per heavy atom. The van der Waals surface area contributed by atoms with Crippen molar-refractivity contribution in [2.45, 2.75) is 26.3 Å². The Morgan fingerprint density at radius 1 is 1.19 bits per heavy atom. The molecule has 0 radical (unpaired) electrons. The zero-order valence-corrected chi connectivity index (χ0v) is 18.4. The molecule has 31 heavy (non-hydrogen) atoms. The van der Waals surface area contributed by atoms with E-state index in [-0.39, 0.29) is 12.1 Å². The molecular weight excluding hydrogens is 420 g/mol. The predicted molar refractivity (Wildman–Crippen MR) is 118 cm³/mol. The van der Waals surface area contributed by atoms with Gasteiger partial charge in [0.2, 0.25) is 11.7 Å². The molecule has 0 aliphatic heterocycles. The largest absolute Gasteiger partial charge is 0.493 e. The van der Waals surface area contributed by atoms with Gasteiger partial charge in [-0.3, -0.25) is 0 Å². The number of hydrogen-bond acceptors (Lipinski definition) is 6. The first-order chi connectivity index (χ1) is 15.0. The maximum absolute atomic E-state index is 12.2. The summed E-state index contributed by atoms with van der Waals surface area (Å²) in [6.07, 6.45) is 0.416. The van der Waals surface area contributed by atoms with Crippen LogP contribution in [0.25, 0.3) is 11.4 Å². The zero-order chi connectivity index (χ0) is 22.2. The Hall–Kier alpha value is -3.26. The summed E-state index contributed by atoms with van der Waals surface area (Å²) >= 11 is 5.89. The highest BCUT2D eigenvalue weighted by atomic mass is 35.5. The summed E-state index contributed by atoms with van der Waals surface area (Å²) in [6, 6.07) is 12.2. The molecule has 1 unspecified atom stereocenters. The average Bonchev–Trinajstić information content (AvgIpc) is 3.23. The van der Waals surface area contributed by atoms with Crippen LogP contribution in [0.4, 0.5) is 4.79 Å². The van der Waals surface area contributed by atoms with Crippen molar-refractivity contribution in [2.75, 3.05) is 20.3 Å². The van der Waals surface area contributed by atoms with E-state index in [1.165, 1.54) is 0 Å². The van der Waals surface area contributed by atoms with Gasteiger partial charge < -0.3 is 24.6 Å². The van der Waals surface area contributed by atoms with E-state index in [1.54, 1.807) is 19.2 Å². The molecule has 0 fully saturated rings. The van der Waals surface area contributed by atoms with E-state index in [9.17, 15) is 4.79 Å². The molecule has 3 aromatic rings. The Kier molecular flexibility index (Phi) is 7.72. The van der Waals surface area contributed by atoms with E-state index in [2.05, 4.69) is 20.8 Å². The fourth-order valence-corrected chi connectivity index (χ4v) is 3.04. The van der Waals surface area contributed by atoms with Gasteiger partial charge in [0.05, 0.1) is 19.8 Å². The first kappa shape index (κ1) is 22.4. The van der Waals surface area contributed by atoms with Gasteiger partial charge in [0, 0.05) is 23.6 Å². The molecular formula is C22H25ClN4O4. The minimum absolute atomic E-state index is 0.218. The van der Waals surface area contributed by atoms with E-state index in [4.69, 9.17) is 25.6 Å². The highest BCUT2D eigenvalue weighted by molar-refractivity contribution is 6.30. The first-order valence-electron chi connectivity index (χ1n) is 9.93. The third kappa shape index (κ3) is 6.11. The van der Waals surface area contributed by atoms with Gasteiger partial charge >= 0.3 is 6.03 Å². The van der Waals surface area contributed by atoms with Crippen LogP contribution in [-0.2, 0) is 6.42 Å². The first-order valence-corrected chi connectivity index (χ1v) is 10.3. The average molecular weight is 445 g/mol. The molecule has 8 nitrogen and oxygen atoms in total. The molecule has 164 valence electrons. The van der Waals surface area contributed by atoms with Crippen LogP contribution >= 0.6 is 11.6 Å². The van der Waals surface area contributed by atoms with E-state index < -0.39 is 0 Å². The van der Waals surface area contributed by atoms with Crippen molar-refractivity contribution < 1.29 is 18.8 Å². The number of ether oxygens (including phenoxy) is 2. The van der Waals surface area contributed by atoms with Gasteiger partial charge in [-0.05, 0) is 55.8 Å². The molecule has 2 aromatic carbocycles. The molecule has 3 rings (SSSR count). The number of aromatic nitrogens is 2. The Bertz CT molecular complexity index is 1010. The van der Waals surface area contributed by atoms with Crippen molar-refractivity contribution in [1.29, 1.82) is 0 Å². The van der Waals surface area contributed by atoms with Crippen LogP contribution in [-0.4, -0.2) is 36.4 Å². The maximum Gasteiger partial charge on any atom is 0.315 e. The molecule has 0 aliphatic carbocycles. The summed E-state index contributed by atoms with van der Waals surface area (Å²) in [7, 11) is 1.59. The monoisotopic (exact) mass is 444 g/mol. The molecule has 0 saturated heterocycles. The zero-order valence-electron chi connectivity index (χ0n) is 17.6. The summed E-state index contributed by atoms with van der Waals surface area (Å²) in [5.74, 6) is 2.22. The van der Waals surface area contributed by atoms with Crippen LogP contribution in [0.3, 0.4) is 0 Å². The second kappa shape index (κ2) is 10.7. The number of urea groups is 1. The van der Waals surface area contributed by atoms with E-state index in [0.29, 0.717) is 47.8 Å². The van der Waals surface area contributed by atoms with Gasteiger partial charge in [-0.2, -0.15) is 4.98 Å². The summed E-state index contributed by atoms with van der Waals surface area (Å²) in [5, 5.41) is 10.3. The summed E-state index contributed by atoms with van der Waals surface area (Å²) in [6.45, 7) is 4.71. The quantitative estimate of drug-likeness (QED) is 0.507. The number of carbonyl (C=O) groups excluding carboxylic acids is 1. The molecule has 0 spiro atoms. The minimum Gasteiger partial charge on any atom is -0.493 e. The fourth-order valence-electron chi connectivity index (χ4n) is 2.91. The highest BCUT2D eigenvalue weighted by Gasteiger charge is 2.14. The molecule has 2 amide bonds. The lowest BCUT2D eigenvalue weighted by Crippen LogP contribution is -2.38. The highest BCUT2D eigenvalue weighted by Crippen LogP contribution is 2.30. The van der Waals surface area contributed by atoms with Crippen LogP contribution in [0.15, 0.2) is 47.0 Å². The Morgan fingerprint density at radius 2 is 1.97 bits per heavy atom. The molecule has 1 atom stereocenters. The van der Waals surface area contributed by atoms with E-state index in [0.717, 1.165) is 11.1 Å². The van der Waals surface area contributed by atoms with Crippen LogP contribution in [0.2, 0.25) is 5.02 Å². The smallest absolute Gasteiger partial charge is 0.315 e. The summed E-state index contributed by atoms with van der Waals surface area (Å²) < 4.78 is 16.1. The second-order valence-electron chi connectivity index (χ2n) is 6.73. The van der Waals surface area contributed by atoms with Crippen LogP contribution < -0.4 is 20.1 Å². The van der Waals surface area contributed by atoms with Crippen molar-refractivity contribution in [3.05, 3.63) is 58.9 Å². The third-order valence-corrected chi connectivity index (χ3v) is 4.78. The number of hydrogen-bond donors (Lipinski definition) is 2. The molecule has 0 aliphatic rings. The van der Waals surface area contributed by atoms with E-state index >= 15 is 0 Å². The van der Waals surface area contributed by atoms with Gasteiger partial charge in [0.1, 0.15) is 0 Å². The summed E-state index contributed by atoms with van der Waals surface area (Å²) in [5.41, 5.74) is 1.71. The normalized spacial score (nSPS) is 11.6. The van der Waals surface area contributed by atoms with Crippen molar-refractivity contribution in [3.8, 4) is 22.9 Å². The SMILES string of the molecule is CCOc1ccc(C(C)NC(=O)NCCc2nc(-c3ccc(Cl)cc3)no2)cc1OC. The standard InChI is InChI=1S/C22H25ClN4O4/c1-4-30-18-10-7-16(13-19(18)29-3)14(2)25-22(28)24-12-11-20-26-21(27-31-20)15-5-8-17(23)9-6-15/h5-10,13-14H,4,11-12H2,1-3H3,(H2,24,25,28). The Labute approximate surface area is 185 Å². The molecule has 0 bridgehead atoms. The van der Waals surface area contributed by atoms with E-state index in [1.807, 2.05) is 44.2 Å². The van der Waals surface area contributed by atoms with Crippen LogP contribution in [0.1, 0.15) is 31.3 Å². The second-order valence-corrected chi connectivity index (χ2v) is 7.17. The lowest BCUT2D eigenvalue weighted by molar-refractivity contribution is 0.237. The molecule has 0 saturated carbocycles. The van der Waals surface area contributed by atoms with Crippen LogP contribution in [0.5, 0.6) is 11.5 Å². The van der Waals surface area contributed by atoms with Crippen LogP contribution in [0, 0.1) is 0 Å². The Balaban J connectivity index is 1.48. The van der Waals surface area contributed by atoms with Gasteiger partial charge in [-0.1, -0.05) is 22.8 Å². The number of rotatable bonds is 9. The number of methoxy groups -OCH3 is 1. The van der Waals surface area contributed by atoms with Crippen molar-refractivity contribution in [3.63, 3.8) is 0 Å². The van der Waals surface area contributed by atoms with Crippen molar-refractivity contribution >= 4 is 17.6 Å². The van der Waals surface area contributed by atoms with Gasteiger partial charge in [-0.15, -0.1) is 0 Å². The number of nitrogens with one attached hydrogen (secondary N) is 2. The molecule has 1 heterocycles. The van der Waals surface area contributed by atoms with Gasteiger partial charge in [0.25, 0.3) is 0 Å².